The molecule has 0 radical (unpaired) electrons. The summed E-state index contributed by atoms with van der Waals surface area (Å²) < 4.78 is 0. The van der Waals surface area contributed by atoms with Crippen LogP contribution in [0.1, 0.15) is 5.56 Å². The monoisotopic (exact) mass is 246 g/mol. The van der Waals surface area contributed by atoms with Crippen LogP contribution in [0.25, 0.3) is 0 Å². The van der Waals surface area contributed by atoms with E-state index in [1.165, 1.54) is 5.56 Å². The van der Waals surface area contributed by atoms with Crippen molar-refractivity contribution in [2.75, 3.05) is 26.2 Å². The molecular formula is C14H18N2O2. The van der Waals surface area contributed by atoms with Gasteiger partial charge in [0.1, 0.15) is 0 Å². The standard InChI is InChI=1S/C14H18N2O2/c17-13(18)12-7-16(10-14(12)8-15-9-14)6-11-4-2-1-3-5-11/h1-5,12,15H,6-10H2,(H,17,18). The van der Waals surface area contributed by atoms with Crippen LogP contribution in [-0.4, -0.2) is 42.2 Å². The molecule has 2 aliphatic rings. The molecular weight excluding hydrogens is 228 g/mol. The van der Waals surface area contributed by atoms with Gasteiger partial charge in [-0.05, 0) is 5.56 Å². The van der Waals surface area contributed by atoms with Gasteiger partial charge in [0.2, 0.25) is 0 Å². The Kier molecular flexibility index (Phi) is 2.84. The number of benzene rings is 1. The van der Waals surface area contributed by atoms with Gasteiger partial charge in [-0.15, -0.1) is 0 Å². The zero-order valence-corrected chi connectivity index (χ0v) is 10.3. The van der Waals surface area contributed by atoms with E-state index < -0.39 is 5.97 Å². The SMILES string of the molecule is O=C(O)C1CN(Cc2ccccc2)CC12CNC2. The summed E-state index contributed by atoms with van der Waals surface area (Å²) in [5.74, 6) is -0.866. The third-order valence-corrected chi connectivity index (χ3v) is 4.22. The maximum atomic E-state index is 11.4. The van der Waals surface area contributed by atoms with E-state index in [2.05, 4.69) is 22.3 Å². The fourth-order valence-electron chi connectivity index (χ4n) is 3.18. The molecule has 2 fully saturated rings. The second kappa shape index (κ2) is 4.37. The summed E-state index contributed by atoms with van der Waals surface area (Å²) >= 11 is 0. The van der Waals surface area contributed by atoms with Crippen molar-refractivity contribution < 1.29 is 9.90 Å². The Hall–Kier alpha value is -1.39. The topological polar surface area (TPSA) is 52.6 Å². The highest BCUT2D eigenvalue weighted by Gasteiger charge is 2.53. The van der Waals surface area contributed by atoms with Gasteiger partial charge < -0.3 is 10.4 Å². The molecule has 2 saturated heterocycles. The lowest BCUT2D eigenvalue weighted by atomic mass is 9.73. The number of nitrogens with one attached hydrogen (secondary N) is 1. The van der Waals surface area contributed by atoms with Crippen molar-refractivity contribution in [2.45, 2.75) is 6.54 Å². The number of carboxylic acid groups (broad SMARTS) is 1. The molecule has 2 aliphatic heterocycles. The summed E-state index contributed by atoms with van der Waals surface area (Å²) in [7, 11) is 0. The van der Waals surface area contributed by atoms with Crippen LogP contribution in [0.5, 0.6) is 0 Å². The van der Waals surface area contributed by atoms with Crippen molar-refractivity contribution in [1.29, 1.82) is 0 Å². The van der Waals surface area contributed by atoms with Crippen molar-refractivity contribution in [3.63, 3.8) is 0 Å². The van der Waals surface area contributed by atoms with Gasteiger partial charge in [0, 0.05) is 38.1 Å². The molecule has 3 rings (SSSR count). The quantitative estimate of drug-likeness (QED) is 0.828. The van der Waals surface area contributed by atoms with Gasteiger partial charge in [-0.2, -0.15) is 0 Å². The van der Waals surface area contributed by atoms with E-state index in [1.54, 1.807) is 0 Å². The van der Waals surface area contributed by atoms with Crippen molar-refractivity contribution in [1.82, 2.24) is 10.2 Å². The maximum Gasteiger partial charge on any atom is 0.308 e. The van der Waals surface area contributed by atoms with E-state index in [-0.39, 0.29) is 11.3 Å². The Morgan fingerprint density at radius 2 is 2.11 bits per heavy atom. The smallest absolute Gasteiger partial charge is 0.308 e. The van der Waals surface area contributed by atoms with E-state index >= 15 is 0 Å². The molecule has 1 aromatic carbocycles. The molecule has 4 nitrogen and oxygen atoms in total. The summed E-state index contributed by atoms with van der Waals surface area (Å²) in [4.78, 5) is 13.6. The van der Waals surface area contributed by atoms with Crippen molar-refractivity contribution in [3.05, 3.63) is 35.9 Å². The first-order valence-corrected chi connectivity index (χ1v) is 6.39. The van der Waals surface area contributed by atoms with Crippen LogP contribution in [0.15, 0.2) is 30.3 Å². The number of hydrogen-bond acceptors (Lipinski definition) is 3. The molecule has 96 valence electrons. The first-order valence-electron chi connectivity index (χ1n) is 6.39. The number of carboxylic acids is 1. The van der Waals surface area contributed by atoms with Crippen LogP contribution < -0.4 is 5.32 Å². The van der Waals surface area contributed by atoms with E-state index in [4.69, 9.17) is 0 Å². The molecule has 2 heterocycles. The van der Waals surface area contributed by atoms with Gasteiger partial charge >= 0.3 is 5.97 Å². The number of hydrogen-bond donors (Lipinski definition) is 2. The minimum absolute atomic E-state index is 0.0272. The second-order valence-electron chi connectivity index (χ2n) is 5.51. The lowest BCUT2D eigenvalue weighted by molar-refractivity contribution is -0.145. The lowest BCUT2D eigenvalue weighted by Gasteiger charge is -2.42. The van der Waals surface area contributed by atoms with Crippen molar-refractivity contribution >= 4 is 5.97 Å². The van der Waals surface area contributed by atoms with E-state index in [0.29, 0.717) is 6.54 Å². The molecule has 0 bridgehead atoms. The minimum Gasteiger partial charge on any atom is -0.481 e. The average Bonchev–Trinajstić information content (AvgIpc) is 2.70. The molecule has 0 aromatic heterocycles. The molecule has 1 atom stereocenters. The number of aliphatic carboxylic acids is 1. The van der Waals surface area contributed by atoms with Gasteiger partial charge in [0.25, 0.3) is 0 Å². The van der Waals surface area contributed by atoms with E-state index in [1.807, 2.05) is 18.2 Å². The first kappa shape index (κ1) is 11.7. The molecule has 1 aromatic rings. The van der Waals surface area contributed by atoms with Gasteiger partial charge in [0.05, 0.1) is 5.92 Å². The Morgan fingerprint density at radius 3 is 2.61 bits per heavy atom. The molecule has 4 heteroatoms. The molecule has 1 unspecified atom stereocenters. The number of carbonyl (C=O) groups is 1. The van der Waals surface area contributed by atoms with Crippen LogP contribution in [0.3, 0.4) is 0 Å². The highest BCUT2D eigenvalue weighted by molar-refractivity contribution is 5.72. The second-order valence-corrected chi connectivity index (χ2v) is 5.51. The number of nitrogens with zero attached hydrogens (tertiary/aromatic N) is 1. The largest absolute Gasteiger partial charge is 0.481 e. The van der Waals surface area contributed by atoms with Crippen molar-refractivity contribution in [2.24, 2.45) is 11.3 Å². The van der Waals surface area contributed by atoms with Gasteiger partial charge in [-0.3, -0.25) is 9.69 Å². The average molecular weight is 246 g/mol. The highest BCUT2D eigenvalue weighted by atomic mass is 16.4. The predicted molar refractivity (Wildman–Crippen MR) is 68.1 cm³/mol. The van der Waals surface area contributed by atoms with E-state index in [9.17, 15) is 9.90 Å². The van der Waals surface area contributed by atoms with Crippen LogP contribution in [0, 0.1) is 11.3 Å². The molecule has 2 N–H and O–H groups in total. The zero-order valence-electron chi connectivity index (χ0n) is 10.3. The fourth-order valence-corrected chi connectivity index (χ4v) is 3.18. The predicted octanol–water partition coefficient (Wildman–Crippen LogP) is 0.793. The van der Waals surface area contributed by atoms with Crippen LogP contribution in [0.2, 0.25) is 0 Å². The Morgan fingerprint density at radius 1 is 1.39 bits per heavy atom. The Labute approximate surface area is 107 Å². The van der Waals surface area contributed by atoms with Gasteiger partial charge in [-0.1, -0.05) is 30.3 Å². The maximum absolute atomic E-state index is 11.4. The normalized spacial score (nSPS) is 26.1. The summed E-state index contributed by atoms with van der Waals surface area (Å²) in [6, 6.07) is 10.3. The summed E-state index contributed by atoms with van der Waals surface area (Å²) in [5, 5.41) is 12.6. The molecule has 0 aliphatic carbocycles. The Balaban J connectivity index is 1.71. The van der Waals surface area contributed by atoms with E-state index in [0.717, 1.165) is 26.2 Å². The molecule has 18 heavy (non-hydrogen) atoms. The fraction of sp³-hybridized carbons (Fsp3) is 0.500. The van der Waals surface area contributed by atoms with Gasteiger partial charge in [-0.25, -0.2) is 0 Å². The van der Waals surface area contributed by atoms with Crippen LogP contribution >= 0.6 is 0 Å². The molecule has 1 spiro atoms. The summed E-state index contributed by atoms with van der Waals surface area (Å²) in [6.07, 6.45) is 0. The van der Waals surface area contributed by atoms with Gasteiger partial charge in [0.15, 0.2) is 0 Å². The van der Waals surface area contributed by atoms with Crippen molar-refractivity contribution in [3.8, 4) is 0 Å². The number of rotatable bonds is 3. The first-order chi connectivity index (χ1) is 8.70. The van der Waals surface area contributed by atoms with Crippen LogP contribution in [0.4, 0.5) is 0 Å². The minimum atomic E-state index is -0.646. The summed E-state index contributed by atoms with van der Waals surface area (Å²) in [6.45, 7) is 4.11. The summed E-state index contributed by atoms with van der Waals surface area (Å²) in [5.41, 5.74) is 1.23. The lowest BCUT2D eigenvalue weighted by Crippen LogP contribution is -2.59. The number of likely N-dealkylation sites (tertiary alicyclic amines) is 1. The zero-order chi connectivity index (χ0) is 12.6. The van der Waals surface area contributed by atoms with Crippen LogP contribution in [-0.2, 0) is 11.3 Å². The highest BCUT2D eigenvalue weighted by Crippen LogP contribution is 2.40. The third kappa shape index (κ3) is 1.91. The Bertz CT molecular complexity index is 442. The third-order valence-electron chi connectivity index (χ3n) is 4.22. The molecule has 0 saturated carbocycles. The molecule has 0 amide bonds.